The van der Waals surface area contributed by atoms with Gasteiger partial charge in [0.15, 0.2) is 0 Å². The second-order valence-corrected chi connectivity index (χ2v) is 7.58. The van der Waals surface area contributed by atoms with Gasteiger partial charge in [-0.25, -0.2) is 9.59 Å². The number of rotatable bonds is 7. The molecule has 3 rings (SSSR count). The topological polar surface area (TPSA) is 206 Å². The molecule has 1 aromatic heterocycles. The summed E-state index contributed by atoms with van der Waals surface area (Å²) in [5.74, 6) is -4.54. The van der Waals surface area contributed by atoms with Crippen LogP contribution in [0.5, 0.6) is 0 Å². The van der Waals surface area contributed by atoms with Gasteiger partial charge >= 0.3 is 17.9 Å². The van der Waals surface area contributed by atoms with E-state index < -0.39 is 50.6 Å². The molecular formula is C21H22N4O9. The highest BCUT2D eigenvalue weighted by Gasteiger charge is 2.31. The van der Waals surface area contributed by atoms with Gasteiger partial charge < -0.3 is 30.6 Å². The number of ether oxygens (including phenoxy) is 1. The molecule has 0 atom stereocenters. The Morgan fingerprint density at radius 2 is 1.82 bits per heavy atom. The Morgan fingerprint density at radius 3 is 2.35 bits per heavy atom. The molecular weight excluding hydrogens is 452 g/mol. The lowest BCUT2D eigenvalue weighted by atomic mass is 9.93. The van der Waals surface area contributed by atoms with Crippen LogP contribution in [-0.4, -0.2) is 57.7 Å². The fourth-order valence-electron chi connectivity index (χ4n) is 4.04. The number of aromatic nitrogens is 1. The Balaban J connectivity index is 2.09. The first kappa shape index (κ1) is 24.2. The van der Waals surface area contributed by atoms with Crippen LogP contribution in [0.2, 0.25) is 0 Å². The lowest BCUT2D eigenvalue weighted by Gasteiger charge is -2.32. The summed E-state index contributed by atoms with van der Waals surface area (Å²) in [5, 5.41) is 30.9. The van der Waals surface area contributed by atoms with Crippen LogP contribution in [-0.2, 0) is 9.53 Å². The van der Waals surface area contributed by atoms with Crippen LogP contribution in [0.4, 0.5) is 17.2 Å². The van der Waals surface area contributed by atoms with Crippen molar-refractivity contribution in [2.75, 3.05) is 30.3 Å². The first-order chi connectivity index (χ1) is 16.1. The Kier molecular flexibility index (Phi) is 6.84. The molecule has 0 amide bonds. The van der Waals surface area contributed by atoms with Gasteiger partial charge in [-0.1, -0.05) is 6.07 Å². The molecule has 0 spiro atoms. The number of piperidine rings is 1. The summed E-state index contributed by atoms with van der Waals surface area (Å²) >= 11 is 0. The van der Waals surface area contributed by atoms with E-state index in [-0.39, 0.29) is 29.7 Å². The van der Waals surface area contributed by atoms with E-state index in [0.29, 0.717) is 25.9 Å². The van der Waals surface area contributed by atoms with Crippen LogP contribution < -0.4 is 16.2 Å². The third kappa shape index (κ3) is 4.53. The van der Waals surface area contributed by atoms with Crippen LogP contribution in [0.25, 0.3) is 11.1 Å². The van der Waals surface area contributed by atoms with Gasteiger partial charge in [-0.2, -0.15) is 0 Å². The number of carbonyl (C=O) groups is 3. The number of nitrogens with two attached hydrogens (primary N) is 1. The molecule has 180 valence electrons. The predicted octanol–water partition coefficient (Wildman–Crippen LogP) is 1.71. The number of carboxylic acid groups (broad SMARTS) is 2. The van der Waals surface area contributed by atoms with Crippen molar-refractivity contribution < 1.29 is 34.3 Å². The number of benzene rings is 1. The fraction of sp³-hybridized carbons (Fsp3) is 0.333. The van der Waals surface area contributed by atoms with Crippen LogP contribution >= 0.6 is 0 Å². The number of pyridine rings is 1. The Bertz CT molecular complexity index is 1230. The third-order valence-corrected chi connectivity index (χ3v) is 5.59. The van der Waals surface area contributed by atoms with E-state index >= 15 is 0 Å². The second kappa shape index (κ2) is 9.60. The summed E-state index contributed by atoms with van der Waals surface area (Å²) in [6, 6.07) is 3.67. The second-order valence-electron chi connectivity index (χ2n) is 7.58. The van der Waals surface area contributed by atoms with Gasteiger partial charge in [0.05, 0.1) is 17.4 Å². The molecule has 0 radical (unpaired) electrons. The minimum absolute atomic E-state index is 0.163. The van der Waals surface area contributed by atoms with E-state index in [1.165, 1.54) is 12.1 Å². The standard InChI is InChI=1S/C21H22N4O9/c1-2-34-21(31)10-5-7-24(8-6-10)12-4-3-11(9-13(12)25(32)33)14-15(19(27)28)17(22)23-18(26)16(14)20(29)30/h3-4,9-10H,2,5-8H2,1H3,(H,27,28)(H,29,30)(H3,22,23,26). The maximum absolute atomic E-state index is 12.2. The highest BCUT2D eigenvalue weighted by atomic mass is 16.6. The SMILES string of the molecule is CCOC(=O)C1CCN(c2ccc(-c3c(C(=O)O)c(N)[nH]c(=O)c3C(=O)O)cc2[N+](=O)[O-])CC1. The number of carbonyl (C=O) groups excluding carboxylic acids is 1. The molecule has 1 aliphatic heterocycles. The van der Waals surface area contributed by atoms with Crippen molar-refractivity contribution in [3.05, 3.63) is 49.8 Å². The zero-order valence-electron chi connectivity index (χ0n) is 18.1. The average Bonchev–Trinajstić information content (AvgIpc) is 2.77. The minimum Gasteiger partial charge on any atom is -0.478 e. The summed E-state index contributed by atoms with van der Waals surface area (Å²) in [4.78, 5) is 62.6. The number of nitrogens with zero attached hydrogens (tertiary/aromatic N) is 2. The number of anilines is 2. The van der Waals surface area contributed by atoms with Crippen molar-refractivity contribution >= 4 is 35.1 Å². The molecule has 13 nitrogen and oxygen atoms in total. The van der Waals surface area contributed by atoms with Gasteiger partial charge in [-0.05, 0) is 31.4 Å². The molecule has 1 aliphatic rings. The molecule has 13 heteroatoms. The Labute approximate surface area is 191 Å². The number of hydrogen-bond donors (Lipinski definition) is 4. The summed E-state index contributed by atoms with van der Waals surface area (Å²) in [6.45, 7) is 2.64. The van der Waals surface area contributed by atoms with Crippen molar-refractivity contribution in [1.82, 2.24) is 4.98 Å². The zero-order valence-corrected chi connectivity index (χ0v) is 18.1. The average molecular weight is 474 g/mol. The van der Waals surface area contributed by atoms with Gasteiger partial charge in [0.2, 0.25) is 0 Å². The quantitative estimate of drug-likeness (QED) is 0.258. The molecule has 1 fully saturated rings. The number of H-pyrrole nitrogens is 1. The number of carboxylic acids is 2. The minimum atomic E-state index is -1.72. The highest BCUT2D eigenvalue weighted by molar-refractivity contribution is 6.07. The van der Waals surface area contributed by atoms with Gasteiger partial charge in [-0.3, -0.25) is 19.7 Å². The van der Waals surface area contributed by atoms with E-state index in [0.717, 1.165) is 6.07 Å². The first-order valence-electron chi connectivity index (χ1n) is 10.3. The largest absolute Gasteiger partial charge is 0.478 e. The van der Waals surface area contributed by atoms with E-state index in [9.17, 15) is 39.5 Å². The number of hydrogen-bond acceptors (Lipinski definition) is 9. The number of nitro benzene ring substituents is 1. The van der Waals surface area contributed by atoms with Gasteiger partial charge in [0, 0.05) is 24.7 Å². The highest BCUT2D eigenvalue weighted by Crippen LogP contribution is 2.37. The predicted molar refractivity (Wildman–Crippen MR) is 119 cm³/mol. The molecule has 1 saturated heterocycles. The summed E-state index contributed by atoms with van der Waals surface area (Å²) < 4.78 is 5.03. The first-order valence-corrected chi connectivity index (χ1v) is 10.3. The lowest BCUT2D eigenvalue weighted by Crippen LogP contribution is -2.37. The molecule has 0 aliphatic carbocycles. The molecule has 1 aromatic carbocycles. The number of nitro groups is 1. The normalized spacial score (nSPS) is 14.0. The van der Waals surface area contributed by atoms with Crippen LogP contribution in [0, 0.1) is 16.0 Å². The number of nitrogen functional groups attached to an aromatic ring is 1. The van der Waals surface area contributed by atoms with Crippen molar-refractivity contribution in [3.63, 3.8) is 0 Å². The van der Waals surface area contributed by atoms with E-state index in [4.69, 9.17) is 10.5 Å². The third-order valence-electron chi connectivity index (χ3n) is 5.59. The van der Waals surface area contributed by atoms with E-state index in [1.807, 2.05) is 4.98 Å². The molecule has 2 aromatic rings. The molecule has 5 N–H and O–H groups in total. The number of aromatic amines is 1. The maximum atomic E-state index is 12.2. The van der Waals surface area contributed by atoms with Crippen LogP contribution in [0.1, 0.15) is 40.5 Å². The number of nitrogens with one attached hydrogen (secondary N) is 1. The van der Waals surface area contributed by atoms with Gasteiger partial charge in [0.1, 0.15) is 22.6 Å². The summed E-state index contributed by atoms with van der Waals surface area (Å²) in [6.07, 6.45) is 0.851. The molecule has 2 heterocycles. The maximum Gasteiger partial charge on any atom is 0.342 e. The van der Waals surface area contributed by atoms with Crippen LogP contribution in [0.3, 0.4) is 0 Å². The van der Waals surface area contributed by atoms with Crippen molar-refractivity contribution in [3.8, 4) is 11.1 Å². The monoisotopic (exact) mass is 474 g/mol. The molecule has 0 unspecified atom stereocenters. The van der Waals surface area contributed by atoms with Crippen molar-refractivity contribution in [2.45, 2.75) is 19.8 Å². The zero-order chi connectivity index (χ0) is 25.2. The van der Waals surface area contributed by atoms with E-state index in [2.05, 4.69) is 0 Å². The number of esters is 1. The van der Waals surface area contributed by atoms with Crippen molar-refractivity contribution in [2.24, 2.45) is 5.92 Å². The van der Waals surface area contributed by atoms with Gasteiger partial charge in [-0.15, -0.1) is 0 Å². The summed E-state index contributed by atoms with van der Waals surface area (Å²) in [7, 11) is 0. The molecule has 0 saturated carbocycles. The molecule has 0 bridgehead atoms. The fourth-order valence-corrected chi connectivity index (χ4v) is 4.04. The summed E-state index contributed by atoms with van der Waals surface area (Å²) in [5.41, 5.74) is 2.00. The molecule has 34 heavy (non-hydrogen) atoms. The lowest BCUT2D eigenvalue weighted by molar-refractivity contribution is -0.384. The smallest absolute Gasteiger partial charge is 0.342 e. The van der Waals surface area contributed by atoms with Gasteiger partial charge in [0.25, 0.3) is 11.2 Å². The Morgan fingerprint density at radius 1 is 1.21 bits per heavy atom. The van der Waals surface area contributed by atoms with Crippen molar-refractivity contribution in [1.29, 1.82) is 0 Å². The van der Waals surface area contributed by atoms with E-state index in [1.54, 1.807) is 11.8 Å². The Hall–Kier alpha value is -4.42. The number of aromatic carboxylic acids is 2. The van der Waals surface area contributed by atoms with Crippen LogP contribution in [0.15, 0.2) is 23.0 Å².